The Kier molecular flexibility index (Phi) is 3.30. The molecule has 2 rings (SSSR count). The Balaban J connectivity index is 2.37. The van der Waals surface area contributed by atoms with Crippen LogP contribution in [-0.2, 0) is 0 Å². The monoisotopic (exact) mass is 250 g/mol. The van der Waals surface area contributed by atoms with Gasteiger partial charge in [0.15, 0.2) is 5.82 Å². The molecular formula is C11H11ClN4O. The molecule has 0 radical (unpaired) electrons. The van der Waals surface area contributed by atoms with Gasteiger partial charge in [0, 0.05) is 10.7 Å². The molecule has 0 saturated heterocycles. The number of hydrogen-bond donors (Lipinski definition) is 2. The van der Waals surface area contributed by atoms with Crippen molar-refractivity contribution in [1.82, 2.24) is 9.55 Å². The van der Waals surface area contributed by atoms with Crippen LogP contribution in [-0.4, -0.2) is 21.1 Å². The summed E-state index contributed by atoms with van der Waals surface area (Å²) in [7, 11) is 0. The van der Waals surface area contributed by atoms with Crippen molar-refractivity contribution in [1.29, 1.82) is 0 Å². The molecule has 2 N–H and O–H groups in total. The van der Waals surface area contributed by atoms with E-state index in [0.29, 0.717) is 10.8 Å². The van der Waals surface area contributed by atoms with E-state index in [1.54, 1.807) is 6.33 Å². The summed E-state index contributed by atoms with van der Waals surface area (Å²) in [5, 5.41) is 14.6. The summed E-state index contributed by atoms with van der Waals surface area (Å²) in [5.74, 6) is 0.628. The molecule has 0 aliphatic rings. The van der Waals surface area contributed by atoms with Gasteiger partial charge in [-0.2, -0.15) is 0 Å². The molecule has 0 atom stereocenters. The molecule has 5 nitrogen and oxygen atoms in total. The van der Waals surface area contributed by atoms with Crippen LogP contribution in [0.3, 0.4) is 0 Å². The van der Waals surface area contributed by atoms with Gasteiger partial charge in [0.25, 0.3) is 0 Å². The molecule has 6 heteroatoms. The van der Waals surface area contributed by atoms with Crippen molar-refractivity contribution < 1.29 is 5.21 Å². The largest absolute Gasteiger partial charge is 0.410 e. The number of anilines is 1. The summed E-state index contributed by atoms with van der Waals surface area (Å²) < 4.78 is 1.89. The molecule has 2 aromatic rings. The molecular weight excluding hydrogens is 240 g/mol. The second-order valence-electron chi connectivity index (χ2n) is 3.42. The maximum Gasteiger partial charge on any atom is 0.152 e. The van der Waals surface area contributed by atoms with Crippen LogP contribution in [0.25, 0.3) is 5.69 Å². The van der Waals surface area contributed by atoms with E-state index in [-0.39, 0.29) is 0 Å². The Bertz CT molecular complexity index is 550. The van der Waals surface area contributed by atoms with Crippen LogP contribution in [0.2, 0.25) is 5.02 Å². The molecule has 1 aromatic carbocycles. The SMILES string of the molecule is Cc1c(NC=NO)ncn1-c1cccc(Cl)c1. The zero-order chi connectivity index (χ0) is 12.3. The highest BCUT2D eigenvalue weighted by atomic mass is 35.5. The van der Waals surface area contributed by atoms with Crippen molar-refractivity contribution in [2.24, 2.45) is 5.16 Å². The van der Waals surface area contributed by atoms with E-state index < -0.39 is 0 Å². The fourth-order valence-corrected chi connectivity index (χ4v) is 1.71. The smallest absolute Gasteiger partial charge is 0.152 e. The Labute approximate surface area is 103 Å². The number of nitrogens with one attached hydrogen (secondary N) is 1. The molecule has 1 heterocycles. The minimum atomic E-state index is 0.628. The average Bonchev–Trinajstić information content (AvgIpc) is 2.68. The minimum Gasteiger partial charge on any atom is -0.410 e. The highest BCUT2D eigenvalue weighted by Crippen LogP contribution is 2.19. The van der Waals surface area contributed by atoms with Crippen LogP contribution < -0.4 is 5.32 Å². The first-order valence-electron chi connectivity index (χ1n) is 4.94. The summed E-state index contributed by atoms with van der Waals surface area (Å²) in [6.45, 7) is 1.90. The number of nitrogens with zero attached hydrogens (tertiary/aromatic N) is 3. The fraction of sp³-hybridized carbons (Fsp3) is 0.0909. The fourth-order valence-electron chi connectivity index (χ4n) is 1.53. The van der Waals surface area contributed by atoms with E-state index in [1.165, 1.54) is 0 Å². The van der Waals surface area contributed by atoms with Crippen LogP contribution in [0.5, 0.6) is 0 Å². The molecule has 0 amide bonds. The molecule has 0 unspecified atom stereocenters. The van der Waals surface area contributed by atoms with Gasteiger partial charge in [-0.05, 0) is 25.1 Å². The van der Waals surface area contributed by atoms with E-state index in [2.05, 4.69) is 15.5 Å². The van der Waals surface area contributed by atoms with E-state index in [9.17, 15) is 0 Å². The lowest BCUT2D eigenvalue weighted by molar-refractivity contribution is 0.321. The molecule has 0 spiro atoms. The molecule has 88 valence electrons. The van der Waals surface area contributed by atoms with E-state index in [4.69, 9.17) is 16.8 Å². The Morgan fingerprint density at radius 3 is 3.06 bits per heavy atom. The van der Waals surface area contributed by atoms with Gasteiger partial charge in [-0.25, -0.2) is 4.98 Å². The van der Waals surface area contributed by atoms with Crippen LogP contribution in [0.4, 0.5) is 5.82 Å². The minimum absolute atomic E-state index is 0.628. The highest BCUT2D eigenvalue weighted by molar-refractivity contribution is 6.30. The summed E-state index contributed by atoms with van der Waals surface area (Å²) in [6.07, 6.45) is 2.84. The number of rotatable bonds is 3. The van der Waals surface area contributed by atoms with Gasteiger partial charge in [-0.15, -0.1) is 0 Å². The number of benzene rings is 1. The van der Waals surface area contributed by atoms with Crippen LogP contribution in [0.15, 0.2) is 35.7 Å². The quantitative estimate of drug-likeness (QED) is 0.381. The second-order valence-corrected chi connectivity index (χ2v) is 3.85. The van der Waals surface area contributed by atoms with Crippen molar-refractivity contribution in [3.63, 3.8) is 0 Å². The van der Waals surface area contributed by atoms with Crippen molar-refractivity contribution in [3.8, 4) is 5.69 Å². The third-order valence-corrected chi connectivity index (χ3v) is 2.59. The second kappa shape index (κ2) is 4.88. The average molecular weight is 251 g/mol. The number of aromatic nitrogens is 2. The predicted octanol–water partition coefficient (Wildman–Crippen LogP) is 2.66. The van der Waals surface area contributed by atoms with Gasteiger partial charge in [-0.1, -0.05) is 22.8 Å². The first-order chi connectivity index (χ1) is 8.22. The van der Waals surface area contributed by atoms with Gasteiger partial charge >= 0.3 is 0 Å². The molecule has 0 saturated carbocycles. The van der Waals surface area contributed by atoms with Crippen LogP contribution >= 0.6 is 11.6 Å². The lowest BCUT2D eigenvalue weighted by atomic mass is 10.3. The number of hydrogen-bond acceptors (Lipinski definition) is 3. The standard InChI is InChI=1S/C11H11ClN4O/c1-8-11(13-6-15-17)14-7-16(8)10-4-2-3-9(12)5-10/h2-7,17H,1H3,(H,13,15). The molecule has 0 bridgehead atoms. The van der Waals surface area contributed by atoms with Crippen molar-refractivity contribution in [2.75, 3.05) is 5.32 Å². The van der Waals surface area contributed by atoms with Crippen molar-refractivity contribution >= 4 is 23.8 Å². The summed E-state index contributed by atoms with van der Waals surface area (Å²) in [6, 6.07) is 7.47. The first kappa shape index (κ1) is 11.5. The molecule has 1 aromatic heterocycles. The number of halogens is 1. The zero-order valence-corrected chi connectivity index (χ0v) is 9.89. The number of oxime groups is 1. The number of imidazole rings is 1. The Hall–Kier alpha value is -2.01. The highest BCUT2D eigenvalue weighted by Gasteiger charge is 2.07. The Morgan fingerprint density at radius 1 is 1.53 bits per heavy atom. The molecule has 0 fully saturated rings. The van der Waals surface area contributed by atoms with Crippen molar-refractivity contribution in [3.05, 3.63) is 41.3 Å². The molecule has 17 heavy (non-hydrogen) atoms. The summed E-state index contributed by atoms with van der Waals surface area (Å²) in [4.78, 5) is 4.17. The predicted molar refractivity (Wildman–Crippen MR) is 67.2 cm³/mol. The summed E-state index contributed by atoms with van der Waals surface area (Å²) in [5.41, 5.74) is 1.82. The topological polar surface area (TPSA) is 62.4 Å². The van der Waals surface area contributed by atoms with Crippen LogP contribution in [0, 0.1) is 6.92 Å². The van der Waals surface area contributed by atoms with E-state index >= 15 is 0 Å². The zero-order valence-electron chi connectivity index (χ0n) is 9.13. The lowest BCUT2D eigenvalue weighted by Gasteiger charge is -2.05. The van der Waals surface area contributed by atoms with Gasteiger partial charge in [0.2, 0.25) is 0 Å². The lowest BCUT2D eigenvalue weighted by Crippen LogP contribution is -1.99. The van der Waals surface area contributed by atoms with Gasteiger partial charge in [-0.3, -0.25) is 0 Å². The maximum atomic E-state index is 8.33. The molecule has 0 aliphatic heterocycles. The van der Waals surface area contributed by atoms with E-state index in [0.717, 1.165) is 17.7 Å². The third-order valence-electron chi connectivity index (χ3n) is 2.35. The first-order valence-corrected chi connectivity index (χ1v) is 5.32. The Morgan fingerprint density at radius 2 is 2.35 bits per heavy atom. The van der Waals surface area contributed by atoms with Crippen LogP contribution in [0.1, 0.15) is 5.69 Å². The third kappa shape index (κ3) is 2.39. The van der Waals surface area contributed by atoms with Gasteiger partial charge in [0.1, 0.15) is 12.7 Å². The molecule has 0 aliphatic carbocycles. The van der Waals surface area contributed by atoms with Gasteiger partial charge in [0.05, 0.1) is 5.69 Å². The summed E-state index contributed by atoms with van der Waals surface area (Å²) >= 11 is 5.93. The van der Waals surface area contributed by atoms with E-state index in [1.807, 2.05) is 35.8 Å². The normalized spacial score (nSPS) is 10.9. The maximum absolute atomic E-state index is 8.33. The van der Waals surface area contributed by atoms with Crippen molar-refractivity contribution in [2.45, 2.75) is 6.92 Å². The van der Waals surface area contributed by atoms with Gasteiger partial charge < -0.3 is 15.1 Å².